The van der Waals surface area contributed by atoms with E-state index < -0.39 is 4.92 Å². The zero-order valence-electron chi connectivity index (χ0n) is 17.5. The van der Waals surface area contributed by atoms with Crippen LogP contribution in [0.15, 0.2) is 52.9 Å². The molecular weight excluding hydrogens is 368 g/mol. The summed E-state index contributed by atoms with van der Waals surface area (Å²) >= 11 is 0. The highest BCUT2D eigenvalue weighted by Crippen LogP contribution is 2.23. The third kappa shape index (κ3) is 4.86. The van der Waals surface area contributed by atoms with Crippen LogP contribution in [-0.4, -0.2) is 22.2 Å². The summed E-state index contributed by atoms with van der Waals surface area (Å²) in [6.45, 7) is 9.51. The van der Waals surface area contributed by atoms with Crippen LogP contribution < -0.4 is 4.90 Å². The average molecular weight is 395 g/mol. The summed E-state index contributed by atoms with van der Waals surface area (Å²) in [7, 11) is 2.10. The van der Waals surface area contributed by atoms with E-state index in [4.69, 9.17) is 4.42 Å². The predicted molar refractivity (Wildman–Crippen MR) is 111 cm³/mol. The lowest BCUT2D eigenvalue weighted by Crippen LogP contribution is -3.07. The maximum absolute atomic E-state index is 10.8. The Hall–Kier alpha value is -3.06. The molecule has 0 amide bonds. The number of hydrogen-bond acceptors (Lipinski definition) is 5. The summed E-state index contributed by atoms with van der Waals surface area (Å²) < 4.78 is 5.84. The van der Waals surface area contributed by atoms with Crippen molar-refractivity contribution in [3.63, 3.8) is 0 Å². The molecular formula is C22H27N4O3+. The van der Waals surface area contributed by atoms with Gasteiger partial charge in [0.2, 0.25) is 5.89 Å². The SMILES string of the molecule is C[C@@H](c1nnc(-c2ccc([N+](=O)[O-])cc2)o1)[NH+](C)Cc1ccc(C(C)(C)C)cc1. The molecule has 29 heavy (non-hydrogen) atoms. The van der Waals surface area contributed by atoms with Gasteiger partial charge in [-0.2, -0.15) is 0 Å². The fraction of sp³-hybridized carbons (Fsp3) is 0.364. The first-order valence-corrected chi connectivity index (χ1v) is 9.65. The zero-order chi connectivity index (χ0) is 21.2. The molecule has 0 bridgehead atoms. The summed E-state index contributed by atoms with van der Waals surface area (Å²) in [5.41, 5.74) is 3.40. The largest absolute Gasteiger partial charge is 0.415 e. The number of nitrogens with one attached hydrogen (secondary N) is 1. The topological polar surface area (TPSA) is 86.5 Å². The quantitative estimate of drug-likeness (QED) is 0.508. The van der Waals surface area contributed by atoms with Gasteiger partial charge in [0.25, 0.3) is 11.6 Å². The van der Waals surface area contributed by atoms with Gasteiger partial charge in [-0.25, -0.2) is 0 Å². The Morgan fingerprint density at radius 3 is 2.24 bits per heavy atom. The molecule has 3 aromatic rings. The van der Waals surface area contributed by atoms with E-state index in [1.165, 1.54) is 28.2 Å². The van der Waals surface area contributed by atoms with Crippen molar-refractivity contribution in [2.45, 2.75) is 45.7 Å². The van der Waals surface area contributed by atoms with Gasteiger partial charge in [0.05, 0.1) is 12.0 Å². The summed E-state index contributed by atoms with van der Waals surface area (Å²) in [5.74, 6) is 0.909. The fourth-order valence-corrected chi connectivity index (χ4v) is 3.06. The molecule has 7 nitrogen and oxygen atoms in total. The van der Waals surface area contributed by atoms with Crippen molar-refractivity contribution in [2.24, 2.45) is 0 Å². The van der Waals surface area contributed by atoms with Gasteiger partial charge in [-0.15, -0.1) is 10.2 Å². The van der Waals surface area contributed by atoms with Gasteiger partial charge in [0, 0.05) is 23.3 Å². The Morgan fingerprint density at radius 1 is 1.07 bits per heavy atom. The van der Waals surface area contributed by atoms with E-state index in [1.807, 2.05) is 6.92 Å². The van der Waals surface area contributed by atoms with Crippen LogP contribution in [0, 0.1) is 10.1 Å². The molecule has 1 unspecified atom stereocenters. The van der Waals surface area contributed by atoms with Crippen molar-refractivity contribution in [3.05, 3.63) is 75.7 Å². The van der Waals surface area contributed by atoms with Gasteiger partial charge in [0.1, 0.15) is 6.54 Å². The maximum Gasteiger partial charge on any atom is 0.274 e. The molecule has 0 aliphatic carbocycles. The molecule has 2 aromatic carbocycles. The third-order valence-corrected chi connectivity index (χ3v) is 5.18. The Kier molecular flexibility index (Phi) is 5.79. The summed E-state index contributed by atoms with van der Waals surface area (Å²) in [6.07, 6.45) is 0. The Morgan fingerprint density at radius 2 is 1.69 bits per heavy atom. The van der Waals surface area contributed by atoms with E-state index in [0.717, 1.165) is 6.54 Å². The van der Waals surface area contributed by atoms with Gasteiger partial charge >= 0.3 is 0 Å². The first-order valence-electron chi connectivity index (χ1n) is 9.65. The minimum absolute atomic E-state index is 0.0107. The monoisotopic (exact) mass is 395 g/mol. The summed E-state index contributed by atoms with van der Waals surface area (Å²) in [6, 6.07) is 14.8. The van der Waals surface area contributed by atoms with Crippen LogP contribution in [0.2, 0.25) is 0 Å². The minimum Gasteiger partial charge on any atom is -0.415 e. The van der Waals surface area contributed by atoms with Crippen LogP contribution in [0.4, 0.5) is 5.69 Å². The lowest BCUT2D eigenvalue weighted by Gasteiger charge is -2.21. The molecule has 1 aromatic heterocycles. The number of quaternary nitrogens is 1. The maximum atomic E-state index is 10.8. The smallest absolute Gasteiger partial charge is 0.274 e. The number of rotatable bonds is 6. The van der Waals surface area contributed by atoms with Crippen molar-refractivity contribution in [2.75, 3.05) is 7.05 Å². The number of aromatic nitrogens is 2. The molecule has 1 heterocycles. The number of nitrogens with zero attached hydrogens (tertiary/aromatic N) is 3. The number of non-ortho nitro benzene ring substituents is 1. The molecule has 0 spiro atoms. The van der Waals surface area contributed by atoms with Gasteiger partial charge in [0.15, 0.2) is 6.04 Å². The van der Waals surface area contributed by atoms with Crippen LogP contribution in [0.1, 0.15) is 50.8 Å². The van der Waals surface area contributed by atoms with Crippen LogP contribution in [0.25, 0.3) is 11.5 Å². The number of nitro benzene ring substituents is 1. The molecule has 0 saturated heterocycles. The van der Waals surface area contributed by atoms with Crippen LogP contribution in [0.3, 0.4) is 0 Å². The van der Waals surface area contributed by atoms with Crippen molar-refractivity contribution >= 4 is 5.69 Å². The fourth-order valence-electron chi connectivity index (χ4n) is 3.06. The van der Waals surface area contributed by atoms with Crippen LogP contribution in [-0.2, 0) is 12.0 Å². The average Bonchev–Trinajstić information content (AvgIpc) is 3.17. The molecule has 0 aliphatic rings. The second-order valence-corrected chi connectivity index (χ2v) is 8.44. The number of benzene rings is 2. The molecule has 0 saturated carbocycles. The van der Waals surface area contributed by atoms with Crippen molar-refractivity contribution < 1.29 is 14.2 Å². The number of nitro groups is 1. The van der Waals surface area contributed by atoms with E-state index in [1.54, 1.807) is 12.1 Å². The molecule has 0 fully saturated rings. The normalized spacial score (nSPS) is 13.8. The van der Waals surface area contributed by atoms with Crippen molar-refractivity contribution in [1.82, 2.24) is 10.2 Å². The lowest BCUT2D eigenvalue weighted by atomic mass is 9.87. The van der Waals surface area contributed by atoms with Gasteiger partial charge in [-0.3, -0.25) is 10.1 Å². The van der Waals surface area contributed by atoms with Gasteiger partial charge < -0.3 is 9.32 Å². The molecule has 2 atom stereocenters. The van der Waals surface area contributed by atoms with E-state index in [-0.39, 0.29) is 17.1 Å². The Balaban J connectivity index is 1.68. The highest BCUT2D eigenvalue weighted by atomic mass is 16.6. The van der Waals surface area contributed by atoms with Crippen molar-refractivity contribution in [1.29, 1.82) is 0 Å². The second-order valence-electron chi connectivity index (χ2n) is 8.44. The van der Waals surface area contributed by atoms with E-state index in [2.05, 4.69) is 62.3 Å². The molecule has 3 rings (SSSR count). The Labute approximate surface area is 170 Å². The van der Waals surface area contributed by atoms with Crippen LogP contribution >= 0.6 is 0 Å². The molecule has 0 radical (unpaired) electrons. The molecule has 1 N–H and O–H groups in total. The predicted octanol–water partition coefficient (Wildman–Crippen LogP) is 3.72. The highest BCUT2D eigenvalue weighted by molar-refractivity contribution is 5.55. The Bertz CT molecular complexity index is 973. The van der Waals surface area contributed by atoms with E-state index >= 15 is 0 Å². The van der Waals surface area contributed by atoms with Gasteiger partial charge in [-0.05, 0) is 30.0 Å². The third-order valence-electron chi connectivity index (χ3n) is 5.18. The molecule has 7 heteroatoms. The first-order chi connectivity index (χ1) is 13.6. The zero-order valence-corrected chi connectivity index (χ0v) is 17.5. The number of hydrogen-bond donors (Lipinski definition) is 1. The molecule has 0 aliphatic heterocycles. The minimum atomic E-state index is -0.433. The summed E-state index contributed by atoms with van der Waals surface area (Å²) in [4.78, 5) is 11.6. The first kappa shape index (κ1) is 20.7. The molecule has 152 valence electrons. The van der Waals surface area contributed by atoms with Gasteiger partial charge in [-0.1, -0.05) is 45.0 Å². The second kappa shape index (κ2) is 8.13. The standard InChI is InChI=1S/C22H26N4O3/c1-15(25(5)14-16-6-10-18(11-7-16)22(2,3)4)20-23-24-21(29-20)17-8-12-19(13-9-17)26(27)28/h6-13,15H,14H2,1-5H3/p+1/t15-/m0/s1. The summed E-state index contributed by atoms with van der Waals surface area (Å²) in [5, 5.41) is 19.1. The van der Waals surface area contributed by atoms with Crippen molar-refractivity contribution in [3.8, 4) is 11.5 Å². The van der Waals surface area contributed by atoms with E-state index in [0.29, 0.717) is 17.3 Å². The lowest BCUT2D eigenvalue weighted by molar-refractivity contribution is -0.925. The van der Waals surface area contributed by atoms with E-state index in [9.17, 15) is 10.1 Å². The van der Waals surface area contributed by atoms with Crippen LogP contribution in [0.5, 0.6) is 0 Å². The highest BCUT2D eigenvalue weighted by Gasteiger charge is 2.23.